The van der Waals surface area contributed by atoms with E-state index in [9.17, 15) is 4.79 Å². The van der Waals surface area contributed by atoms with Crippen LogP contribution in [-0.4, -0.2) is 18.4 Å². The highest BCUT2D eigenvalue weighted by molar-refractivity contribution is 5.93. The van der Waals surface area contributed by atoms with Gasteiger partial charge in [0.05, 0.1) is 6.26 Å². The summed E-state index contributed by atoms with van der Waals surface area (Å²) in [5.74, 6) is 0.598. The average Bonchev–Trinajstić information content (AvgIpc) is 2.65. The summed E-state index contributed by atoms with van der Waals surface area (Å²) in [5.41, 5.74) is 0. The van der Waals surface area contributed by atoms with E-state index >= 15 is 0 Å². The minimum Gasteiger partial charge on any atom is -0.461 e. The van der Waals surface area contributed by atoms with Crippen LogP contribution in [0.5, 0.6) is 0 Å². The van der Waals surface area contributed by atoms with Crippen LogP contribution in [0.2, 0.25) is 0 Å². The summed E-state index contributed by atoms with van der Waals surface area (Å²) in [6, 6.07) is 3.83. The van der Waals surface area contributed by atoms with Crippen molar-refractivity contribution in [3.63, 3.8) is 0 Å². The molecule has 4 heteroatoms. The first-order valence-corrected chi connectivity index (χ1v) is 5.66. The fraction of sp³-hybridized carbons (Fsp3) is 0.583. The lowest BCUT2D eigenvalue weighted by atomic mass is 10.0. The molecule has 1 aromatic rings. The maximum absolute atomic E-state index is 11.8. The molecule has 2 heterocycles. The number of hydrogen-bond donors (Lipinski definition) is 1. The number of hydrogen-bond acceptors (Lipinski definition) is 3. The molecule has 0 amide bonds. The molecule has 2 rings (SSSR count). The lowest BCUT2D eigenvalue weighted by Crippen LogP contribution is -2.30. The highest BCUT2D eigenvalue weighted by Gasteiger charge is 2.17. The predicted molar refractivity (Wildman–Crippen MR) is 65.2 cm³/mol. The van der Waals surface area contributed by atoms with Gasteiger partial charge in [-0.25, -0.2) is 0 Å². The van der Waals surface area contributed by atoms with E-state index in [2.05, 4.69) is 5.32 Å². The molecule has 0 spiro atoms. The van der Waals surface area contributed by atoms with Gasteiger partial charge < -0.3 is 9.73 Å². The molecule has 0 saturated carbocycles. The zero-order chi connectivity index (χ0) is 10.5. The Bertz CT molecular complexity index is 303. The van der Waals surface area contributed by atoms with Gasteiger partial charge in [-0.15, -0.1) is 12.4 Å². The van der Waals surface area contributed by atoms with Crippen LogP contribution in [0.25, 0.3) is 0 Å². The molecule has 1 aliphatic heterocycles. The largest absolute Gasteiger partial charge is 0.461 e. The summed E-state index contributed by atoms with van der Waals surface area (Å²) < 4.78 is 5.09. The fourth-order valence-corrected chi connectivity index (χ4v) is 2.04. The SMILES string of the molecule is Cl.O=C(CC1CCCCCN1)c1ccco1. The van der Waals surface area contributed by atoms with E-state index in [0.29, 0.717) is 18.2 Å². The molecule has 1 aliphatic rings. The van der Waals surface area contributed by atoms with Gasteiger partial charge in [0, 0.05) is 12.5 Å². The summed E-state index contributed by atoms with van der Waals surface area (Å²) in [7, 11) is 0. The van der Waals surface area contributed by atoms with Gasteiger partial charge in [0.15, 0.2) is 11.5 Å². The van der Waals surface area contributed by atoms with E-state index in [4.69, 9.17) is 4.42 Å². The molecule has 0 aromatic carbocycles. The summed E-state index contributed by atoms with van der Waals surface area (Å²) in [5, 5.41) is 3.41. The molecule has 1 N–H and O–H groups in total. The number of nitrogens with one attached hydrogen (secondary N) is 1. The van der Waals surface area contributed by atoms with Crippen molar-refractivity contribution in [3.8, 4) is 0 Å². The second kappa shape index (κ2) is 6.71. The Labute approximate surface area is 102 Å². The van der Waals surface area contributed by atoms with E-state index in [1.807, 2.05) is 0 Å². The van der Waals surface area contributed by atoms with Gasteiger partial charge in [0.25, 0.3) is 0 Å². The van der Waals surface area contributed by atoms with Gasteiger partial charge >= 0.3 is 0 Å². The predicted octanol–water partition coefficient (Wildman–Crippen LogP) is 2.81. The van der Waals surface area contributed by atoms with E-state index < -0.39 is 0 Å². The molecule has 1 fully saturated rings. The Morgan fingerprint density at radius 2 is 2.31 bits per heavy atom. The third-order valence-corrected chi connectivity index (χ3v) is 2.89. The number of halogens is 1. The van der Waals surface area contributed by atoms with Crippen molar-refractivity contribution in [1.82, 2.24) is 5.32 Å². The van der Waals surface area contributed by atoms with Crippen molar-refractivity contribution in [2.45, 2.75) is 38.1 Å². The number of carbonyl (C=O) groups is 1. The molecule has 16 heavy (non-hydrogen) atoms. The number of Topliss-reactive ketones (excluding diaryl/α,β-unsaturated/α-hetero) is 1. The Morgan fingerprint density at radius 1 is 1.44 bits per heavy atom. The van der Waals surface area contributed by atoms with Crippen molar-refractivity contribution < 1.29 is 9.21 Å². The minimum absolute atomic E-state index is 0. The number of rotatable bonds is 3. The van der Waals surface area contributed by atoms with Crippen LogP contribution in [0.3, 0.4) is 0 Å². The Kier molecular flexibility index (Phi) is 5.56. The van der Waals surface area contributed by atoms with Gasteiger partial charge in [0.2, 0.25) is 0 Å². The third-order valence-electron chi connectivity index (χ3n) is 2.89. The van der Waals surface area contributed by atoms with Gasteiger partial charge in [-0.2, -0.15) is 0 Å². The van der Waals surface area contributed by atoms with Crippen molar-refractivity contribution >= 4 is 18.2 Å². The Balaban J connectivity index is 0.00000128. The van der Waals surface area contributed by atoms with E-state index in [1.54, 1.807) is 18.4 Å². The average molecular weight is 244 g/mol. The van der Waals surface area contributed by atoms with E-state index in [0.717, 1.165) is 13.0 Å². The maximum Gasteiger partial charge on any atom is 0.199 e. The molecular formula is C12H18ClNO2. The molecule has 3 nitrogen and oxygen atoms in total. The van der Waals surface area contributed by atoms with Crippen LogP contribution in [0.1, 0.15) is 42.7 Å². The molecular weight excluding hydrogens is 226 g/mol. The first-order valence-electron chi connectivity index (χ1n) is 5.66. The molecule has 1 unspecified atom stereocenters. The highest BCUT2D eigenvalue weighted by atomic mass is 35.5. The highest BCUT2D eigenvalue weighted by Crippen LogP contribution is 2.14. The van der Waals surface area contributed by atoms with Crippen molar-refractivity contribution in [2.75, 3.05) is 6.54 Å². The zero-order valence-electron chi connectivity index (χ0n) is 9.28. The number of furan rings is 1. The first-order chi connectivity index (χ1) is 7.36. The Hall–Kier alpha value is -0.800. The smallest absolute Gasteiger partial charge is 0.199 e. The third kappa shape index (κ3) is 3.65. The van der Waals surface area contributed by atoms with Crippen LogP contribution >= 0.6 is 12.4 Å². The molecule has 1 saturated heterocycles. The summed E-state index contributed by atoms with van der Waals surface area (Å²) in [6.07, 6.45) is 6.95. The molecule has 0 aliphatic carbocycles. The second-order valence-electron chi connectivity index (χ2n) is 4.10. The second-order valence-corrected chi connectivity index (χ2v) is 4.10. The van der Waals surface area contributed by atoms with E-state index in [-0.39, 0.29) is 18.2 Å². The minimum atomic E-state index is 0. The van der Waals surface area contributed by atoms with Crippen molar-refractivity contribution in [1.29, 1.82) is 0 Å². The van der Waals surface area contributed by atoms with Gasteiger partial charge in [-0.3, -0.25) is 4.79 Å². The normalized spacial score (nSPS) is 20.9. The van der Waals surface area contributed by atoms with Crippen LogP contribution in [-0.2, 0) is 0 Å². The molecule has 1 atom stereocenters. The van der Waals surface area contributed by atoms with Crippen molar-refractivity contribution in [3.05, 3.63) is 24.2 Å². The zero-order valence-corrected chi connectivity index (χ0v) is 10.1. The molecule has 90 valence electrons. The molecule has 0 bridgehead atoms. The molecule has 1 aromatic heterocycles. The lowest BCUT2D eigenvalue weighted by Gasteiger charge is -2.13. The quantitative estimate of drug-likeness (QED) is 0.831. The van der Waals surface area contributed by atoms with Crippen LogP contribution in [0.15, 0.2) is 22.8 Å². The lowest BCUT2D eigenvalue weighted by molar-refractivity contribution is 0.0941. The number of carbonyl (C=O) groups excluding carboxylic acids is 1. The van der Waals surface area contributed by atoms with Gasteiger partial charge in [-0.1, -0.05) is 12.8 Å². The fourth-order valence-electron chi connectivity index (χ4n) is 2.04. The van der Waals surface area contributed by atoms with Crippen LogP contribution < -0.4 is 5.32 Å². The summed E-state index contributed by atoms with van der Waals surface area (Å²) >= 11 is 0. The maximum atomic E-state index is 11.8. The van der Waals surface area contributed by atoms with Gasteiger partial charge in [0.1, 0.15) is 0 Å². The van der Waals surface area contributed by atoms with Crippen LogP contribution in [0.4, 0.5) is 0 Å². The summed E-state index contributed by atoms with van der Waals surface area (Å²) in [6.45, 7) is 1.04. The Morgan fingerprint density at radius 3 is 3.06 bits per heavy atom. The monoisotopic (exact) mass is 243 g/mol. The molecule has 0 radical (unpaired) electrons. The van der Waals surface area contributed by atoms with Crippen LogP contribution in [0, 0.1) is 0 Å². The first kappa shape index (κ1) is 13.3. The van der Waals surface area contributed by atoms with E-state index in [1.165, 1.54) is 19.3 Å². The van der Waals surface area contributed by atoms with Gasteiger partial charge in [-0.05, 0) is 31.5 Å². The summed E-state index contributed by atoms with van der Waals surface area (Å²) in [4.78, 5) is 11.8. The van der Waals surface area contributed by atoms with Crippen molar-refractivity contribution in [2.24, 2.45) is 0 Å². The standard InChI is InChI=1S/C12H17NO2.ClH/c14-11(12-6-4-8-15-12)9-10-5-2-1-3-7-13-10;/h4,6,8,10,13H,1-3,5,7,9H2;1H. The topological polar surface area (TPSA) is 42.2 Å². The number of ketones is 1.